The molecule has 3 aliphatic carbocycles. The maximum atomic E-state index is 2.74. The molecule has 0 heterocycles. The van der Waals surface area contributed by atoms with Gasteiger partial charge >= 0.3 is 0 Å². The molecule has 3 aliphatic rings. The summed E-state index contributed by atoms with van der Waals surface area (Å²) in [7, 11) is -2.02. The maximum Gasteiger partial charge on any atom is 0.0675 e. The number of hydrogen-bond donors (Lipinski definition) is 0. The molecule has 0 spiro atoms. The standard InChI is InChI=1S/C49H52Si/c1-8-16-36-31-41-38(33-23-25-37(26-24-33)49(3,4)5)21-15-22-39(41)48(36)50(6,7)44-28-27-40-45(34-17-11-9-12-18-34)42-29-32(2)30-43(42)46(47(40)44)35-19-13-10-14-20-35/h9-15,17-26,30-31,44,48H,8,16,27-29H2,1-7H3. The minimum atomic E-state index is -2.02. The van der Waals surface area contributed by atoms with Crippen molar-refractivity contribution >= 4 is 20.2 Å². The van der Waals surface area contributed by atoms with Crippen molar-refractivity contribution in [1.82, 2.24) is 0 Å². The molecular formula is C49H52Si. The van der Waals surface area contributed by atoms with E-state index in [9.17, 15) is 0 Å². The average Bonchev–Trinajstić information content (AvgIpc) is 3.83. The van der Waals surface area contributed by atoms with Crippen LogP contribution in [0.5, 0.6) is 0 Å². The molecule has 0 N–H and O–H groups in total. The zero-order valence-electron chi connectivity index (χ0n) is 31.2. The second kappa shape index (κ2) is 12.5. The van der Waals surface area contributed by atoms with E-state index in [4.69, 9.17) is 0 Å². The molecule has 0 fully saturated rings. The molecule has 0 aromatic heterocycles. The lowest BCUT2D eigenvalue weighted by Crippen LogP contribution is -2.42. The van der Waals surface area contributed by atoms with E-state index >= 15 is 0 Å². The molecule has 0 nitrogen and oxygen atoms in total. The zero-order chi connectivity index (χ0) is 34.8. The highest BCUT2D eigenvalue weighted by Crippen LogP contribution is 2.58. The third-order valence-corrected chi connectivity index (χ3v) is 16.7. The minimum Gasteiger partial charge on any atom is -0.0683 e. The lowest BCUT2D eigenvalue weighted by molar-refractivity contribution is 0.590. The Morgan fingerprint density at radius 2 is 1.34 bits per heavy atom. The van der Waals surface area contributed by atoms with Crippen molar-refractivity contribution in [2.24, 2.45) is 0 Å². The Hall–Kier alpha value is -4.20. The van der Waals surface area contributed by atoms with Crippen LogP contribution < -0.4 is 0 Å². The van der Waals surface area contributed by atoms with Crippen molar-refractivity contribution in [3.05, 3.63) is 153 Å². The van der Waals surface area contributed by atoms with Gasteiger partial charge < -0.3 is 0 Å². The van der Waals surface area contributed by atoms with Crippen LogP contribution in [0.4, 0.5) is 0 Å². The highest BCUT2D eigenvalue weighted by atomic mass is 28.3. The van der Waals surface area contributed by atoms with Crippen molar-refractivity contribution in [3.63, 3.8) is 0 Å². The summed E-state index contributed by atoms with van der Waals surface area (Å²) < 4.78 is 0. The van der Waals surface area contributed by atoms with Crippen LogP contribution in [0.15, 0.2) is 114 Å². The van der Waals surface area contributed by atoms with Gasteiger partial charge in [-0.1, -0.05) is 174 Å². The maximum absolute atomic E-state index is 2.74. The summed E-state index contributed by atoms with van der Waals surface area (Å²) in [4.78, 5) is 0. The molecular weight excluding hydrogens is 617 g/mol. The molecule has 0 bridgehead atoms. The van der Waals surface area contributed by atoms with E-state index in [1.807, 2.05) is 0 Å². The fourth-order valence-electron chi connectivity index (χ4n) is 9.96. The molecule has 0 saturated carbocycles. The summed E-state index contributed by atoms with van der Waals surface area (Å²) in [6.07, 6.45) is 11.0. The zero-order valence-corrected chi connectivity index (χ0v) is 32.2. The summed E-state index contributed by atoms with van der Waals surface area (Å²) >= 11 is 0. The molecule has 1 heteroatoms. The highest BCUT2D eigenvalue weighted by Gasteiger charge is 2.49. The van der Waals surface area contributed by atoms with Gasteiger partial charge in [-0.2, -0.15) is 0 Å². The van der Waals surface area contributed by atoms with Crippen LogP contribution in [0.2, 0.25) is 13.1 Å². The lowest BCUT2D eigenvalue weighted by atomic mass is 9.83. The smallest absolute Gasteiger partial charge is 0.0675 e. The Morgan fingerprint density at radius 3 is 1.98 bits per heavy atom. The van der Waals surface area contributed by atoms with Gasteiger partial charge in [0, 0.05) is 5.54 Å². The highest BCUT2D eigenvalue weighted by molar-refractivity contribution is 6.81. The lowest BCUT2D eigenvalue weighted by Gasteiger charge is -2.40. The van der Waals surface area contributed by atoms with E-state index in [0.29, 0.717) is 11.1 Å². The molecule has 0 amide bonds. The van der Waals surface area contributed by atoms with Gasteiger partial charge in [-0.25, -0.2) is 0 Å². The number of hydrogen-bond acceptors (Lipinski definition) is 0. The van der Waals surface area contributed by atoms with Crippen LogP contribution in [-0.4, -0.2) is 8.07 Å². The summed E-state index contributed by atoms with van der Waals surface area (Å²) in [5, 5.41) is 0. The molecule has 0 radical (unpaired) electrons. The van der Waals surface area contributed by atoms with Crippen LogP contribution in [0.1, 0.15) is 104 Å². The van der Waals surface area contributed by atoms with E-state index in [1.54, 1.807) is 27.8 Å². The van der Waals surface area contributed by atoms with Crippen molar-refractivity contribution in [3.8, 4) is 33.4 Å². The second-order valence-corrected chi connectivity index (χ2v) is 21.8. The minimum absolute atomic E-state index is 0.150. The summed E-state index contributed by atoms with van der Waals surface area (Å²) in [5.74, 6) is 0. The Bertz CT molecular complexity index is 2140. The predicted octanol–water partition coefficient (Wildman–Crippen LogP) is 13.7. The molecule has 50 heavy (non-hydrogen) atoms. The first kappa shape index (κ1) is 33.0. The predicted molar refractivity (Wildman–Crippen MR) is 219 cm³/mol. The molecule has 0 saturated heterocycles. The van der Waals surface area contributed by atoms with Crippen molar-refractivity contribution in [2.75, 3.05) is 0 Å². The van der Waals surface area contributed by atoms with Crippen LogP contribution in [-0.2, 0) is 18.3 Å². The van der Waals surface area contributed by atoms with Gasteiger partial charge in [0.2, 0.25) is 0 Å². The Morgan fingerprint density at radius 1 is 0.680 bits per heavy atom. The number of benzene rings is 5. The van der Waals surface area contributed by atoms with E-state index < -0.39 is 8.07 Å². The topological polar surface area (TPSA) is 0 Å². The van der Waals surface area contributed by atoms with Crippen LogP contribution in [0.3, 0.4) is 0 Å². The molecule has 2 unspecified atom stereocenters. The molecule has 252 valence electrons. The number of rotatable bonds is 7. The van der Waals surface area contributed by atoms with Crippen molar-refractivity contribution in [1.29, 1.82) is 0 Å². The third kappa shape index (κ3) is 5.41. The van der Waals surface area contributed by atoms with Gasteiger partial charge in [0.15, 0.2) is 0 Å². The number of allylic oxidation sites excluding steroid dienone is 2. The third-order valence-electron chi connectivity index (χ3n) is 12.2. The van der Waals surface area contributed by atoms with Gasteiger partial charge in [0.25, 0.3) is 0 Å². The second-order valence-electron chi connectivity index (χ2n) is 16.9. The largest absolute Gasteiger partial charge is 0.0683 e. The Labute approximate surface area is 302 Å². The monoisotopic (exact) mass is 668 g/mol. The van der Waals surface area contributed by atoms with Crippen LogP contribution in [0.25, 0.3) is 45.5 Å². The summed E-state index contributed by atoms with van der Waals surface area (Å²) in [5.41, 5.74) is 23.8. The van der Waals surface area contributed by atoms with Gasteiger partial charge in [-0.3, -0.25) is 0 Å². The van der Waals surface area contributed by atoms with E-state index in [-0.39, 0.29) is 5.41 Å². The summed E-state index contributed by atoms with van der Waals surface area (Å²) in [6, 6.07) is 39.3. The first-order valence-electron chi connectivity index (χ1n) is 19.0. The molecule has 5 aromatic carbocycles. The molecule has 0 aliphatic heterocycles. The van der Waals surface area contributed by atoms with Gasteiger partial charge in [-0.05, 0) is 116 Å². The van der Waals surface area contributed by atoms with Crippen LogP contribution >= 0.6 is 0 Å². The SMILES string of the molecule is CCCC1=Cc2c(-c3ccc(C(C)(C)C)cc3)cccc2C1[Si](C)(C)C1CCc2c(-c3ccccc3)c3c(c(-c4ccccc4)c21)C=C(C)C3. The van der Waals surface area contributed by atoms with Crippen molar-refractivity contribution < 1.29 is 0 Å². The van der Waals surface area contributed by atoms with E-state index in [1.165, 1.54) is 81.3 Å². The molecule has 8 rings (SSSR count). The average molecular weight is 669 g/mol. The molecule has 2 atom stereocenters. The Kier molecular flexibility index (Phi) is 8.27. The Balaban J connectivity index is 1.31. The molecule has 5 aromatic rings. The first-order chi connectivity index (χ1) is 24.1. The van der Waals surface area contributed by atoms with Gasteiger partial charge in [0.1, 0.15) is 0 Å². The van der Waals surface area contributed by atoms with E-state index in [0.717, 1.165) is 6.42 Å². The normalized spacial score (nSPS) is 18.1. The first-order valence-corrected chi connectivity index (χ1v) is 22.2. The quantitative estimate of drug-likeness (QED) is 0.151. The van der Waals surface area contributed by atoms with Gasteiger partial charge in [-0.15, -0.1) is 0 Å². The number of fused-ring (bicyclic) bond motifs is 3. The van der Waals surface area contributed by atoms with Crippen LogP contribution in [0, 0.1) is 0 Å². The van der Waals surface area contributed by atoms with Gasteiger partial charge in [0.05, 0.1) is 8.07 Å². The fraction of sp³-hybridized carbons (Fsp3) is 0.306. The van der Waals surface area contributed by atoms with E-state index in [2.05, 4.69) is 163 Å². The van der Waals surface area contributed by atoms with Crippen molar-refractivity contribution in [2.45, 2.75) is 96.3 Å². The summed E-state index contributed by atoms with van der Waals surface area (Å²) in [6.45, 7) is 17.1. The fourth-order valence-corrected chi connectivity index (χ4v) is 14.5.